The molecule has 0 radical (unpaired) electrons. The van der Waals surface area contributed by atoms with E-state index in [0.29, 0.717) is 11.7 Å². The van der Waals surface area contributed by atoms with Crippen LogP contribution in [0, 0.1) is 5.92 Å². The van der Waals surface area contributed by atoms with E-state index >= 15 is 0 Å². The Balaban J connectivity index is 1.98. The summed E-state index contributed by atoms with van der Waals surface area (Å²) >= 11 is 0. The lowest BCUT2D eigenvalue weighted by molar-refractivity contribution is 0.475. The van der Waals surface area contributed by atoms with Gasteiger partial charge >= 0.3 is 0 Å². The smallest absolute Gasteiger partial charge is 0.115 e. The Labute approximate surface area is 143 Å². The van der Waals surface area contributed by atoms with E-state index in [0.717, 1.165) is 6.42 Å². The molecular formula is C22H36O. The van der Waals surface area contributed by atoms with Gasteiger partial charge in [-0.3, -0.25) is 0 Å². The summed E-state index contributed by atoms with van der Waals surface area (Å²) in [5, 5.41) is 9.29. The van der Waals surface area contributed by atoms with Gasteiger partial charge in [0.1, 0.15) is 5.75 Å². The summed E-state index contributed by atoms with van der Waals surface area (Å²) in [7, 11) is 0. The van der Waals surface area contributed by atoms with Crippen molar-refractivity contribution in [2.24, 2.45) is 5.92 Å². The van der Waals surface area contributed by atoms with Crippen molar-refractivity contribution in [3.05, 3.63) is 42.0 Å². The molecule has 0 bridgehead atoms. The first-order valence-corrected chi connectivity index (χ1v) is 9.67. The molecule has 0 fully saturated rings. The standard InChI is InChI=1S/C22H36O/c1-3-4-5-6-7-8-9-10-11-12-13-14-20(2)19-21-15-17-22(23)18-16-21/h13-18,20,23H,3-12,19H2,1-2H3. The van der Waals surface area contributed by atoms with Crippen LogP contribution in [0.15, 0.2) is 36.4 Å². The van der Waals surface area contributed by atoms with E-state index < -0.39 is 0 Å². The topological polar surface area (TPSA) is 20.2 Å². The van der Waals surface area contributed by atoms with Crippen LogP contribution >= 0.6 is 0 Å². The van der Waals surface area contributed by atoms with Crippen LogP contribution in [0.1, 0.15) is 83.6 Å². The quantitative estimate of drug-likeness (QED) is 0.305. The third kappa shape index (κ3) is 11.0. The van der Waals surface area contributed by atoms with Gasteiger partial charge in [0.15, 0.2) is 0 Å². The second-order valence-electron chi connectivity index (χ2n) is 6.89. The van der Waals surface area contributed by atoms with Crippen molar-refractivity contribution in [2.75, 3.05) is 0 Å². The van der Waals surface area contributed by atoms with Crippen molar-refractivity contribution < 1.29 is 5.11 Å². The molecule has 0 saturated carbocycles. The molecule has 1 unspecified atom stereocenters. The first kappa shape index (κ1) is 19.8. The number of aromatic hydroxyl groups is 1. The van der Waals surface area contributed by atoms with Gasteiger partial charge in [0.25, 0.3) is 0 Å². The summed E-state index contributed by atoms with van der Waals surface area (Å²) in [5.41, 5.74) is 1.29. The Morgan fingerprint density at radius 1 is 0.870 bits per heavy atom. The molecule has 23 heavy (non-hydrogen) atoms. The fourth-order valence-electron chi connectivity index (χ4n) is 2.97. The number of benzene rings is 1. The zero-order valence-electron chi connectivity index (χ0n) is 15.3. The van der Waals surface area contributed by atoms with Crippen molar-refractivity contribution in [3.63, 3.8) is 0 Å². The molecule has 0 spiro atoms. The number of unbranched alkanes of at least 4 members (excludes halogenated alkanes) is 9. The lowest BCUT2D eigenvalue weighted by atomic mass is 10.00. The number of hydrogen-bond donors (Lipinski definition) is 1. The van der Waals surface area contributed by atoms with E-state index in [2.05, 4.69) is 26.0 Å². The first-order valence-electron chi connectivity index (χ1n) is 9.67. The highest BCUT2D eigenvalue weighted by Gasteiger charge is 1.99. The largest absolute Gasteiger partial charge is 0.508 e. The van der Waals surface area contributed by atoms with Crippen LogP contribution in [0.3, 0.4) is 0 Å². The van der Waals surface area contributed by atoms with E-state index in [1.165, 1.54) is 69.8 Å². The Bertz CT molecular complexity index is 404. The predicted molar refractivity (Wildman–Crippen MR) is 102 cm³/mol. The number of hydrogen-bond acceptors (Lipinski definition) is 1. The van der Waals surface area contributed by atoms with Gasteiger partial charge in [-0.25, -0.2) is 0 Å². The maximum atomic E-state index is 9.29. The molecule has 0 aliphatic heterocycles. The van der Waals surface area contributed by atoms with Crippen molar-refractivity contribution >= 4 is 0 Å². The molecule has 0 amide bonds. The molecule has 1 heteroatoms. The zero-order valence-corrected chi connectivity index (χ0v) is 15.3. The van der Waals surface area contributed by atoms with Crippen LogP contribution in [-0.2, 0) is 6.42 Å². The molecule has 0 aliphatic carbocycles. The lowest BCUT2D eigenvalue weighted by Gasteiger charge is -2.06. The summed E-state index contributed by atoms with van der Waals surface area (Å²) in [6.45, 7) is 4.54. The molecular weight excluding hydrogens is 280 g/mol. The highest BCUT2D eigenvalue weighted by molar-refractivity contribution is 5.26. The number of phenolic OH excluding ortho intramolecular Hbond substituents is 1. The third-order valence-corrected chi connectivity index (χ3v) is 4.43. The van der Waals surface area contributed by atoms with Gasteiger partial charge < -0.3 is 5.11 Å². The second kappa shape index (κ2) is 13.2. The molecule has 1 atom stereocenters. The van der Waals surface area contributed by atoms with Crippen LogP contribution in [-0.4, -0.2) is 5.11 Å². The maximum absolute atomic E-state index is 9.29. The molecule has 1 nitrogen and oxygen atoms in total. The maximum Gasteiger partial charge on any atom is 0.115 e. The Morgan fingerprint density at radius 2 is 1.43 bits per heavy atom. The van der Waals surface area contributed by atoms with Gasteiger partial charge in [0.05, 0.1) is 0 Å². The molecule has 1 aromatic carbocycles. The lowest BCUT2D eigenvalue weighted by Crippen LogP contribution is -1.95. The number of allylic oxidation sites excluding steroid dienone is 2. The molecule has 1 rings (SSSR count). The molecule has 0 saturated heterocycles. The summed E-state index contributed by atoms with van der Waals surface area (Å²) in [4.78, 5) is 0. The highest BCUT2D eigenvalue weighted by atomic mass is 16.3. The average Bonchev–Trinajstić information content (AvgIpc) is 2.55. The van der Waals surface area contributed by atoms with E-state index in [-0.39, 0.29) is 0 Å². The minimum atomic E-state index is 0.349. The van der Waals surface area contributed by atoms with Gasteiger partial charge in [-0.15, -0.1) is 0 Å². The predicted octanol–water partition coefficient (Wildman–Crippen LogP) is 7.05. The summed E-state index contributed by atoms with van der Waals surface area (Å²) in [6.07, 6.45) is 19.6. The van der Waals surface area contributed by atoms with Gasteiger partial charge in [-0.05, 0) is 42.9 Å². The minimum Gasteiger partial charge on any atom is -0.508 e. The third-order valence-electron chi connectivity index (χ3n) is 4.43. The monoisotopic (exact) mass is 316 g/mol. The van der Waals surface area contributed by atoms with Gasteiger partial charge in [-0.1, -0.05) is 89.5 Å². The van der Waals surface area contributed by atoms with Crippen LogP contribution in [0.5, 0.6) is 5.75 Å². The molecule has 1 N–H and O–H groups in total. The van der Waals surface area contributed by atoms with Crippen LogP contribution in [0.2, 0.25) is 0 Å². The number of rotatable bonds is 13. The summed E-state index contributed by atoms with van der Waals surface area (Å²) in [6, 6.07) is 7.57. The minimum absolute atomic E-state index is 0.349. The molecule has 0 aromatic heterocycles. The fraction of sp³-hybridized carbons (Fsp3) is 0.636. The number of phenols is 1. The van der Waals surface area contributed by atoms with Gasteiger partial charge in [0, 0.05) is 0 Å². The first-order chi connectivity index (χ1) is 11.2. The molecule has 1 aromatic rings. The molecule has 130 valence electrons. The van der Waals surface area contributed by atoms with E-state index in [9.17, 15) is 5.11 Å². The fourth-order valence-corrected chi connectivity index (χ4v) is 2.97. The van der Waals surface area contributed by atoms with Crippen molar-refractivity contribution in [2.45, 2.75) is 84.5 Å². The van der Waals surface area contributed by atoms with Crippen LogP contribution in [0.25, 0.3) is 0 Å². The van der Waals surface area contributed by atoms with Gasteiger partial charge in [-0.2, -0.15) is 0 Å². The van der Waals surface area contributed by atoms with Crippen LogP contribution in [0.4, 0.5) is 0 Å². The zero-order chi connectivity index (χ0) is 16.8. The highest BCUT2D eigenvalue weighted by Crippen LogP contribution is 2.15. The van der Waals surface area contributed by atoms with E-state index in [1.54, 1.807) is 12.1 Å². The summed E-state index contributed by atoms with van der Waals surface area (Å²) < 4.78 is 0. The molecule has 0 heterocycles. The summed E-state index contributed by atoms with van der Waals surface area (Å²) in [5.74, 6) is 0.917. The second-order valence-corrected chi connectivity index (χ2v) is 6.89. The van der Waals surface area contributed by atoms with E-state index in [4.69, 9.17) is 0 Å². The van der Waals surface area contributed by atoms with Crippen LogP contribution < -0.4 is 0 Å². The Hall–Kier alpha value is -1.24. The van der Waals surface area contributed by atoms with Crippen molar-refractivity contribution in [1.29, 1.82) is 0 Å². The SMILES string of the molecule is CCCCCCCCCCCC=CC(C)Cc1ccc(O)cc1. The normalized spacial score (nSPS) is 12.8. The van der Waals surface area contributed by atoms with Gasteiger partial charge in [0.2, 0.25) is 0 Å². The average molecular weight is 317 g/mol. The van der Waals surface area contributed by atoms with E-state index in [1.807, 2.05) is 12.1 Å². The van der Waals surface area contributed by atoms with Crippen molar-refractivity contribution in [1.82, 2.24) is 0 Å². The Morgan fingerprint density at radius 3 is 2.04 bits per heavy atom. The molecule has 0 aliphatic rings. The Kier molecular flexibility index (Phi) is 11.4. The van der Waals surface area contributed by atoms with Crippen molar-refractivity contribution in [3.8, 4) is 5.75 Å².